The average molecular weight is 262 g/mol. The second-order valence-corrected chi connectivity index (χ2v) is 5.02. The minimum Gasteiger partial charge on any atom is -0.333 e. The van der Waals surface area contributed by atoms with Crippen LogP contribution in [0.3, 0.4) is 0 Å². The molecule has 0 aliphatic carbocycles. The van der Waals surface area contributed by atoms with Crippen LogP contribution in [0.2, 0.25) is 0 Å². The van der Waals surface area contributed by atoms with Crippen molar-refractivity contribution in [3.05, 3.63) is 56.6 Å². The van der Waals surface area contributed by atoms with Crippen LogP contribution in [0.4, 0.5) is 0 Å². The Labute approximate surface area is 109 Å². The Bertz CT molecular complexity index is 589. The van der Waals surface area contributed by atoms with Gasteiger partial charge in [0.05, 0.1) is 6.04 Å². The standard InChI is InChI=1S/C13H14N2O2S/c1-9(11-6-4-8-18-11)15(2)13(17)10-5-3-7-12(16)14-10/h3-9H,1-2H3,(H,14,16). The number of aromatic nitrogens is 1. The Hall–Kier alpha value is -1.88. The summed E-state index contributed by atoms with van der Waals surface area (Å²) in [5.41, 5.74) is 0.0476. The molecule has 0 fully saturated rings. The van der Waals surface area contributed by atoms with Crippen LogP contribution in [0.1, 0.15) is 28.3 Å². The van der Waals surface area contributed by atoms with Crippen molar-refractivity contribution in [2.45, 2.75) is 13.0 Å². The summed E-state index contributed by atoms with van der Waals surface area (Å²) < 4.78 is 0. The first kappa shape index (κ1) is 12.6. The smallest absolute Gasteiger partial charge is 0.270 e. The van der Waals surface area contributed by atoms with E-state index in [1.807, 2.05) is 24.4 Å². The van der Waals surface area contributed by atoms with Gasteiger partial charge in [-0.15, -0.1) is 11.3 Å². The highest BCUT2D eigenvalue weighted by Crippen LogP contribution is 2.24. The molecule has 1 N–H and O–H groups in total. The fraction of sp³-hybridized carbons (Fsp3) is 0.231. The van der Waals surface area contributed by atoms with E-state index in [-0.39, 0.29) is 17.5 Å². The molecule has 0 saturated heterocycles. The van der Waals surface area contributed by atoms with Crippen molar-refractivity contribution in [2.24, 2.45) is 0 Å². The number of nitrogens with one attached hydrogen (secondary N) is 1. The van der Waals surface area contributed by atoms with Gasteiger partial charge in [-0.25, -0.2) is 0 Å². The molecule has 0 aliphatic heterocycles. The van der Waals surface area contributed by atoms with Gasteiger partial charge < -0.3 is 9.88 Å². The van der Waals surface area contributed by atoms with E-state index < -0.39 is 0 Å². The van der Waals surface area contributed by atoms with Gasteiger partial charge >= 0.3 is 0 Å². The Morgan fingerprint density at radius 2 is 2.11 bits per heavy atom. The number of carbonyl (C=O) groups excluding carboxylic acids is 1. The van der Waals surface area contributed by atoms with Crippen LogP contribution in [-0.2, 0) is 0 Å². The zero-order valence-corrected chi connectivity index (χ0v) is 11.0. The van der Waals surface area contributed by atoms with Crippen molar-refractivity contribution in [3.8, 4) is 0 Å². The summed E-state index contributed by atoms with van der Waals surface area (Å²) in [6, 6.07) is 8.52. The Morgan fingerprint density at radius 3 is 2.72 bits per heavy atom. The molecule has 0 aliphatic rings. The molecule has 0 bridgehead atoms. The molecule has 0 spiro atoms. The van der Waals surface area contributed by atoms with Crippen molar-refractivity contribution in [3.63, 3.8) is 0 Å². The number of nitrogens with zero attached hydrogens (tertiary/aromatic N) is 1. The van der Waals surface area contributed by atoms with Gasteiger partial charge in [-0.3, -0.25) is 9.59 Å². The number of thiophene rings is 1. The van der Waals surface area contributed by atoms with E-state index in [0.717, 1.165) is 4.88 Å². The third-order valence-corrected chi connectivity index (χ3v) is 3.90. The van der Waals surface area contributed by atoms with Crippen molar-refractivity contribution in [1.82, 2.24) is 9.88 Å². The molecule has 1 atom stereocenters. The quantitative estimate of drug-likeness (QED) is 0.922. The second-order valence-electron chi connectivity index (χ2n) is 4.04. The molecular weight excluding hydrogens is 248 g/mol. The van der Waals surface area contributed by atoms with E-state index in [1.54, 1.807) is 35.4 Å². The highest BCUT2D eigenvalue weighted by Gasteiger charge is 2.19. The molecule has 2 aromatic heterocycles. The average Bonchev–Trinajstić information content (AvgIpc) is 2.90. The van der Waals surface area contributed by atoms with Gasteiger partial charge in [0.25, 0.3) is 5.91 Å². The Kier molecular flexibility index (Phi) is 3.62. The van der Waals surface area contributed by atoms with Crippen LogP contribution in [0.25, 0.3) is 0 Å². The maximum Gasteiger partial charge on any atom is 0.270 e. The molecule has 2 heterocycles. The summed E-state index contributed by atoms with van der Waals surface area (Å²) in [4.78, 5) is 28.7. The summed E-state index contributed by atoms with van der Waals surface area (Å²) in [5.74, 6) is -0.186. The topological polar surface area (TPSA) is 53.2 Å². The van der Waals surface area contributed by atoms with E-state index >= 15 is 0 Å². The van der Waals surface area contributed by atoms with E-state index in [4.69, 9.17) is 0 Å². The fourth-order valence-corrected chi connectivity index (χ4v) is 2.48. The minimum absolute atomic E-state index is 0.0128. The number of hydrogen-bond donors (Lipinski definition) is 1. The van der Waals surface area contributed by atoms with Crippen molar-refractivity contribution in [1.29, 1.82) is 0 Å². The number of H-pyrrole nitrogens is 1. The summed E-state index contributed by atoms with van der Waals surface area (Å²) >= 11 is 1.61. The number of hydrogen-bond acceptors (Lipinski definition) is 3. The van der Waals surface area contributed by atoms with Gasteiger partial charge in [0.1, 0.15) is 5.69 Å². The number of pyridine rings is 1. The molecular formula is C13H14N2O2S. The lowest BCUT2D eigenvalue weighted by atomic mass is 10.2. The number of aromatic amines is 1. The lowest BCUT2D eigenvalue weighted by molar-refractivity contribution is 0.0738. The van der Waals surface area contributed by atoms with Gasteiger partial charge in [-0.1, -0.05) is 12.1 Å². The van der Waals surface area contributed by atoms with Crippen LogP contribution in [0.15, 0.2) is 40.5 Å². The van der Waals surface area contributed by atoms with Gasteiger partial charge in [-0.2, -0.15) is 0 Å². The fourth-order valence-electron chi connectivity index (χ4n) is 1.66. The lowest BCUT2D eigenvalue weighted by Crippen LogP contribution is -2.31. The van der Waals surface area contributed by atoms with Gasteiger partial charge in [0.2, 0.25) is 5.56 Å². The predicted octanol–water partition coefficient (Wildman–Crippen LogP) is 2.27. The normalized spacial score (nSPS) is 12.1. The highest BCUT2D eigenvalue weighted by atomic mass is 32.1. The highest BCUT2D eigenvalue weighted by molar-refractivity contribution is 7.10. The van der Waals surface area contributed by atoms with Crippen LogP contribution in [0, 0.1) is 0 Å². The molecule has 1 amide bonds. The largest absolute Gasteiger partial charge is 0.333 e. The van der Waals surface area contributed by atoms with Crippen molar-refractivity contribution in [2.75, 3.05) is 7.05 Å². The van der Waals surface area contributed by atoms with E-state index in [1.165, 1.54) is 6.07 Å². The van der Waals surface area contributed by atoms with Crippen LogP contribution < -0.4 is 5.56 Å². The Balaban J connectivity index is 2.21. The number of rotatable bonds is 3. The first-order chi connectivity index (χ1) is 8.59. The van der Waals surface area contributed by atoms with Crippen molar-refractivity contribution >= 4 is 17.2 Å². The summed E-state index contributed by atoms with van der Waals surface area (Å²) in [6.07, 6.45) is 0. The minimum atomic E-state index is -0.266. The summed E-state index contributed by atoms with van der Waals surface area (Å²) in [5, 5.41) is 1.98. The number of amides is 1. The monoisotopic (exact) mass is 262 g/mol. The summed E-state index contributed by atoms with van der Waals surface area (Å²) in [7, 11) is 1.73. The van der Waals surface area contributed by atoms with Crippen LogP contribution in [-0.4, -0.2) is 22.8 Å². The first-order valence-electron chi connectivity index (χ1n) is 5.59. The number of carbonyl (C=O) groups is 1. The van der Waals surface area contributed by atoms with Crippen LogP contribution in [0.5, 0.6) is 0 Å². The van der Waals surface area contributed by atoms with E-state index in [2.05, 4.69) is 4.98 Å². The Morgan fingerprint density at radius 1 is 1.33 bits per heavy atom. The summed E-state index contributed by atoms with van der Waals surface area (Å²) in [6.45, 7) is 1.96. The van der Waals surface area contributed by atoms with E-state index in [9.17, 15) is 9.59 Å². The maximum atomic E-state index is 12.2. The zero-order chi connectivity index (χ0) is 13.1. The van der Waals surface area contributed by atoms with Gasteiger partial charge in [0, 0.05) is 18.0 Å². The lowest BCUT2D eigenvalue weighted by Gasteiger charge is -2.23. The zero-order valence-electron chi connectivity index (χ0n) is 10.2. The molecule has 5 heteroatoms. The molecule has 2 aromatic rings. The van der Waals surface area contributed by atoms with Gasteiger partial charge in [0.15, 0.2) is 0 Å². The molecule has 0 radical (unpaired) electrons. The first-order valence-corrected chi connectivity index (χ1v) is 6.47. The molecule has 1 unspecified atom stereocenters. The second kappa shape index (κ2) is 5.18. The van der Waals surface area contributed by atoms with Crippen molar-refractivity contribution < 1.29 is 4.79 Å². The molecule has 4 nitrogen and oxygen atoms in total. The van der Waals surface area contributed by atoms with E-state index in [0.29, 0.717) is 5.69 Å². The molecule has 0 saturated carbocycles. The maximum absolute atomic E-state index is 12.2. The predicted molar refractivity (Wildman–Crippen MR) is 71.9 cm³/mol. The van der Waals surface area contributed by atoms with Gasteiger partial charge in [-0.05, 0) is 24.4 Å². The molecule has 2 rings (SSSR count). The third kappa shape index (κ3) is 2.51. The SMILES string of the molecule is CC(c1cccs1)N(C)C(=O)c1cccc(=O)[nH]1. The van der Waals surface area contributed by atoms with Crippen LogP contribution >= 0.6 is 11.3 Å². The molecule has 94 valence electrons. The third-order valence-electron chi connectivity index (χ3n) is 2.86. The molecule has 18 heavy (non-hydrogen) atoms. The molecule has 0 aromatic carbocycles.